The number of fused-ring (bicyclic) bond motifs is 5. The van der Waals surface area contributed by atoms with Crippen molar-refractivity contribution in [2.75, 3.05) is 0 Å². The molecule has 1 unspecified atom stereocenters. The number of rotatable bonds is 3. The second-order valence-electron chi connectivity index (χ2n) is 13.9. The monoisotopic (exact) mass is 448 g/mol. The molecule has 0 bridgehead atoms. The van der Waals surface area contributed by atoms with Crippen LogP contribution in [0.4, 0.5) is 0 Å². The van der Waals surface area contributed by atoms with Gasteiger partial charge >= 0.3 is 0 Å². The molecule has 0 aromatic carbocycles. The van der Waals surface area contributed by atoms with Crippen molar-refractivity contribution >= 4 is 14.1 Å². The van der Waals surface area contributed by atoms with Crippen LogP contribution in [0.1, 0.15) is 92.9 Å². The average Bonchev–Trinajstić information content (AvgIpc) is 2.91. The molecule has 4 rings (SSSR count). The highest BCUT2D eigenvalue weighted by Crippen LogP contribution is 2.67. The molecule has 31 heavy (non-hydrogen) atoms. The Kier molecular flexibility index (Phi) is 5.92. The van der Waals surface area contributed by atoms with E-state index in [9.17, 15) is 9.90 Å². The molecular formula is C27H48O3Si. The fourth-order valence-corrected chi connectivity index (χ4v) is 9.97. The molecule has 0 amide bonds. The summed E-state index contributed by atoms with van der Waals surface area (Å²) < 4.78 is 6.88. The van der Waals surface area contributed by atoms with E-state index < -0.39 is 14.4 Å². The second-order valence-corrected chi connectivity index (χ2v) is 18.6. The first kappa shape index (κ1) is 23.9. The first-order chi connectivity index (χ1) is 14.2. The normalized spacial score (nSPS) is 46.8. The molecule has 0 saturated heterocycles. The van der Waals surface area contributed by atoms with Crippen molar-refractivity contribution in [3.8, 4) is 0 Å². The second kappa shape index (κ2) is 7.66. The molecule has 0 heterocycles. The standard InChI is InChI=1S/C27H48O3Si/c1-17(28)24-23(29)16-22-20-10-9-18-15-19(30-31(7,8)25(2,3)4)11-13-26(18,5)21(20)12-14-27(22,24)6/h17-22,24,28H,9-16H2,1-8H3/t17-,18-,19-,20+,21-,22-,24?,26-,27-/m0/s1. The van der Waals surface area contributed by atoms with Gasteiger partial charge in [0.15, 0.2) is 8.32 Å². The Morgan fingerprint density at radius 1 is 1.03 bits per heavy atom. The summed E-state index contributed by atoms with van der Waals surface area (Å²) in [5, 5.41) is 10.7. The molecule has 1 N–H and O–H groups in total. The molecule has 4 heteroatoms. The van der Waals surface area contributed by atoms with Gasteiger partial charge in [0.25, 0.3) is 0 Å². The van der Waals surface area contributed by atoms with Crippen molar-refractivity contribution in [2.45, 2.75) is 123 Å². The summed E-state index contributed by atoms with van der Waals surface area (Å²) in [6, 6.07) is 0. The van der Waals surface area contributed by atoms with Gasteiger partial charge in [-0.3, -0.25) is 4.79 Å². The Bertz CT molecular complexity index is 710. The summed E-state index contributed by atoms with van der Waals surface area (Å²) in [5.74, 6) is 2.87. The van der Waals surface area contributed by atoms with Crippen LogP contribution in [0.3, 0.4) is 0 Å². The molecule has 0 aromatic rings. The van der Waals surface area contributed by atoms with Gasteiger partial charge in [-0.2, -0.15) is 0 Å². The molecule has 0 spiro atoms. The summed E-state index contributed by atoms with van der Waals surface area (Å²) >= 11 is 0. The Labute approximate surface area is 192 Å². The number of ketones is 1. The van der Waals surface area contributed by atoms with E-state index in [1.807, 2.05) is 6.92 Å². The van der Waals surface area contributed by atoms with Crippen LogP contribution in [-0.4, -0.2) is 31.4 Å². The van der Waals surface area contributed by atoms with Gasteiger partial charge in [-0.05, 0) is 105 Å². The third-order valence-electron chi connectivity index (χ3n) is 11.3. The number of carbonyl (C=O) groups is 1. The number of aliphatic hydroxyl groups excluding tert-OH is 1. The topological polar surface area (TPSA) is 46.5 Å². The number of hydrogen-bond acceptors (Lipinski definition) is 3. The summed E-state index contributed by atoms with van der Waals surface area (Å²) in [5.41, 5.74) is 0.418. The Morgan fingerprint density at radius 2 is 1.68 bits per heavy atom. The van der Waals surface area contributed by atoms with Crippen LogP contribution in [0.5, 0.6) is 0 Å². The summed E-state index contributed by atoms with van der Waals surface area (Å²) in [6.45, 7) is 18.6. The third-order valence-corrected chi connectivity index (χ3v) is 15.8. The van der Waals surface area contributed by atoms with Gasteiger partial charge in [0, 0.05) is 18.4 Å². The van der Waals surface area contributed by atoms with Crippen LogP contribution in [0.15, 0.2) is 0 Å². The third kappa shape index (κ3) is 3.71. The maximum Gasteiger partial charge on any atom is 0.192 e. The molecule has 9 atom stereocenters. The number of Topliss-reactive ketones (excluding diaryl/α,β-unsaturated/α-hetero) is 1. The van der Waals surface area contributed by atoms with Gasteiger partial charge in [0.2, 0.25) is 0 Å². The smallest absolute Gasteiger partial charge is 0.192 e. The minimum Gasteiger partial charge on any atom is -0.414 e. The molecule has 0 aliphatic heterocycles. The van der Waals surface area contributed by atoms with Gasteiger partial charge in [-0.1, -0.05) is 34.6 Å². The Balaban J connectivity index is 1.50. The van der Waals surface area contributed by atoms with Crippen LogP contribution in [0, 0.1) is 40.4 Å². The molecule has 0 radical (unpaired) electrons. The first-order valence-electron chi connectivity index (χ1n) is 13.1. The highest BCUT2D eigenvalue weighted by atomic mass is 28.4. The molecule has 0 aromatic heterocycles. The average molecular weight is 449 g/mol. The summed E-state index contributed by atoms with van der Waals surface area (Å²) in [4.78, 5) is 12.9. The molecule has 4 fully saturated rings. The quantitative estimate of drug-likeness (QED) is 0.495. The van der Waals surface area contributed by atoms with Gasteiger partial charge in [0.05, 0.1) is 6.10 Å². The van der Waals surface area contributed by atoms with Crippen LogP contribution in [-0.2, 0) is 9.22 Å². The van der Waals surface area contributed by atoms with Gasteiger partial charge in [-0.25, -0.2) is 0 Å². The molecule has 4 aliphatic carbocycles. The zero-order chi connectivity index (χ0) is 23.0. The molecule has 4 aliphatic rings. The lowest BCUT2D eigenvalue weighted by Crippen LogP contribution is -2.55. The van der Waals surface area contributed by atoms with Gasteiger partial charge in [-0.15, -0.1) is 0 Å². The number of carbonyl (C=O) groups excluding carboxylic acids is 1. The van der Waals surface area contributed by atoms with Gasteiger partial charge in [0.1, 0.15) is 5.78 Å². The fraction of sp³-hybridized carbons (Fsp3) is 0.963. The molecular weight excluding hydrogens is 400 g/mol. The fourth-order valence-electron chi connectivity index (χ4n) is 8.57. The van der Waals surface area contributed by atoms with Crippen molar-refractivity contribution in [3.63, 3.8) is 0 Å². The predicted octanol–water partition coefficient (Wildman–Crippen LogP) is 6.60. The lowest BCUT2D eigenvalue weighted by molar-refractivity contribution is -0.135. The van der Waals surface area contributed by atoms with E-state index in [-0.39, 0.29) is 16.4 Å². The predicted molar refractivity (Wildman–Crippen MR) is 129 cm³/mol. The van der Waals surface area contributed by atoms with E-state index in [0.29, 0.717) is 35.6 Å². The molecule has 4 saturated carbocycles. The van der Waals surface area contributed by atoms with Crippen molar-refractivity contribution in [1.82, 2.24) is 0 Å². The molecule has 3 nitrogen and oxygen atoms in total. The van der Waals surface area contributed by atoms with Crippen molar-refractivity contribution in [2.24, 2.45) is 40.4 Å². The highest BCUT2D eigenvalue weighted by Gasteiger charge is 2.63. The minimum absolute atomic E-state index is 0.0122. The van der Waals surface area contributed by atoms with Gasteiger partial charge < -0.3 is 9.53 Å². The van der Waals surface area contributed by atoms with Crippen molar-refractivity contribution < 1.29 is 14.3 Å². The summed E-state index contributed by atoms with van der Waals surface area (Å²) in [7, 11) is -1.72. The van der Waals surface area contributed by atoms with E-state index >= 15 is 0 Å². The van der Waals surface area contributed by atoms with E-state index in [0.717, 1.165) is 18.3 Å². The SMILES string of the molecule is C[C@H](O)C1C(=O)C[C@H]2[C@@H]3CC[C@H]4C[C@@H](O[Si](C)(C)C(C)(C)C)CC[C@]4(C)[C@H]3CC[C@]12C. The van der Waals surface area contributed by atoms with E-state index in [1.54, 1.807) is 0 Å². The summed E-state index contributed by atoms with van der Waals surface area (Å²) in [6.07, 6.45) is 9.32. The number of aliphatic hydroxyl groups is 1. The van der Waals surface area contributed by atoms with Crippen LogP contribution in [0.25, 0.3) is 0 Å². The zero-order valence-electron chi connectivity index (χ0n) is 21.5. The maximum absolute atomic E-state index is 12.9. The maximum atomic E-state index is 12.9. The lowest BCUT2D eigenvalue weighted by atomic mass is 9.44. The zero-order valence-corrected chi connectivity index (χ0v) is 22.5. The Morgan fingerprint density at radius 3 is 2.29 bits per heavy atom. The molecule has 178 valence electrons. The van der Waals surface area contributed by atoms with E-state index in [1.165, 1.54) is 38.5 Å². The number of hydrogen-bond donors (Lipinski definition) is 1. The minimum atomic E-state index is -1.72. The first-order valence-corrected chi connectivity index (χ1v) is 16.0. The highest BCUT2D eigenvalue weighted by molar-refractivity contribution is 6.74. The van der Waals surface area contributed by atoms with Crippen LogP contribution in [0.2, 0.25) is 18.1 Å². The van der Waals surface area contributed by atoms with Crippen LogP contribution >= 0.6 is 0 Å². The van der Waals surface area contributed by atoms with E-state index in [2.05, 4.69) is 47.7 Å². The van der Waals surface area contributed by atoms with Crippen LogP contribution < -0.4 is 0 Å². The largest absolute Gasteiger partial charge is 0.414 e. The van der Waals surface area contributed by atoms with E-state index in [4.69, 9.17) is 4.43 Å². The van der Waals surface area contributed by atoms with Crippen molar-refractivity contribution in [1.29, 1.82) is 0 Å². The lowest BCUT2D eigenvalue weighted by Gasteiger charge is -2.61. The van der Waals surface area contributed by atoms with Crippen molar-refractivity contribution in [3.05, 3.63) is 0 Å². The Hall–Kier alpha value is -0.193.